The molecule has 0 spiro atoms. The minimum absolute atomic E-state index is 0.646. The largest absolute Gasteiger partial charge is 0.381 e. The van der Waals surface area contributed by atoms with E-state index in [1.807, 2.05) is 30.3 Å². The highest BCUT2D eigenvalue weighted by Gasteiger charge is 2.13. The summed E-state index contributed by atoms with van der Waals surface area (Å²) in [5, 5.41) is 4.75. The van der Waals surface area contributed by atoms with Gasteiger partial charge in [-0.05, 0) is 55.8 Å². The molecule has 0 radical (unpaired) electrons. The zero-order chi connectivity index (χ0) is 16.4. The first kappa shape index (κ1) is 16.0. The molecule has 1 aromatic heterocycles. The summed E-state index contributed by atoms with van der Waals surface area (Å²) < 4.78 is 2.17. The van der Waals surface area contributed by atoms with Gasteiger partial charge in [-0.2, -0.15) is 0 Å². The van der Waals surface area contributed by atoms with Crippen molar-refractivity contribution >= 4 is 28.9 Å². The molecule has 0 aliphatic rings. The van der Waals surface area contributed by atoms with Crippen molar-refractivity contribution in [2.45, 2.75) is 20.4 Å². The maximum atomic E-state index is 6.37. The third kappa shape index (κ3) is 3.39. The Hall–Kier alpha value is -1.90. The number of aromatic nitrogens is 1. The van der Waals surface area contributed by atoms with Gasteiger partial charge in [0.2, 0.25) is 0 Å². The molecule has 0 unspecified atom stereocenters. The Kier molecular flexibility index (Phi) is 4.65. The Morgan fingerprint density at radius 3 is 2.39 bits per heavy atom. The molecule has 0 amide bonds. The Morgan fingerprint density at radius 1 is 0.957 bits per heavy atom. The third-order valence-electron chi connectivity index (χ3n) is 3.94. The van der Waals surface area contributed by atoms with Gasteiger partial charge in [0.1, 0.15) is 0 Å². The summed E-state index contributed by atoms with van der Waals surface area (Å²) in [6, 6.07) is 18.0. The molecule has 23 heavy (non-hydrogen) atoms. The van der Waals surface area contributed by atoms with Gasteiger partial charge < -0.3 is 9.88 Å². The fourth-order valence-corrected chi connectivity index (χ4v) is 3.29. The van der Waals surface area contributed by atoms with Crippen LogP contribution >= 0.6 is 23.2 Å². The number of halogens is 2. The third-order valence-corrected chi connectivity index (χ3v) is 4.48. The SMILES string of the molecule is Cc1cc(CNc2ccccc2)c(C)n1-c1ccc(Cl)cc1Cl. The van der Waals surface area contributed by atoms with Crippen molar-refractivity contribution in [3.63, 3.8) is 0 Å². The second-order valence-corrected chi connectivity index (χ2v) is 6.39. The molecule has 0 bridgehead atoms. The van der Waals surface area contributed by atoms with E-state index in [9.17, 15) is 0 Å². The molecular weight excluding hydrogens is 327 g/mol. The maximum Gasteiger partial charge on any atom is 0.0661 e. The number of nitrogens with zero attached hydrogens (tertiary/aromatic N) is 1. The van der Waals surface area contributed by atoms with E-state index in [-0.39, 0.29) is 0 Å². The van der Waals surface area contributed by atoms with E-state index < -0.39 is 0 Å². The summed E-state index contributed by atoms with van der Waals surface area (Å²) in [6.07, 6.45) is 0. The number of hydrogen-bond donors (Lipinski definition) is 1. The molecule has 0 aliphatic carbocycles. The Bertz CT molecular complexity index is 823. The average molecular weight is 345 g/mol. The van der Waals surface area contributed by atoms with Crippen molar-refractivity contribution in [2.75, 3.05) is 5.32 Å². The van der Waals surface area contributed by atoms with Crippen LogP contribution < -0.4 is 5.32 Å². The molecule has 0 saturated carbocycles. The summed E-state index contributed by atoms with van der Waals surface area (Å²) in [4.78, 5) is 0. The van der Waals surface area contributed by atoms with Crippen molar-refractivity contribution < 1.29 is 0 Å². The number of aryl methyl sites for hydroxylation is 1. The Balaban J connectivity index is 1.90. The van der Waals surface area contributed by atoms with Gasteiger partial charge in [0.25, 0.3) is 0 Å². The van der Waals surface area contributed by atoms with Crippen LogP contribution in [-0.2, 0) is 6.54 Å². The second kappa shape index (κ2) is 6.69. The number of para-hydroxylation sites is 1. The first-order valence-corrected chi connectivity index (χ1v) is 8.24. The van der Waals surface area contributed by atoms with Gasteiger partial charge in [0.15, 0.2) is 0 Å². The first-order valence-electron chi connectivity index (χ1n) is 7.48. The van der Waals surface area contributed by atoms with Gasteiger partial charge in [-0.3, -0.25) is 0 Å². The van der Waals surface area contributed by atoms with E-state index in [1.165, 1.54) is 11.3 Å². The summed E-state index contributed by atoms with van der Waals surface area (Å²) in [5.41, 5.74) is 5.64. The maximum absolute atomic E-state index is 6.37. The zero-order valence-electron chi connectivity index (χ0n) is 13.1. The van der Waals surface area contributed by atoms with E-state index in [2.05, 4.69) is 41.9 Å². The van der Waals surface area contributed by atoms with Gasteiger partial charge in [0.05, 0.1) is 10.7 Å². The van der Waals surface area contributed by atoms with Gasteiger partial charge >= 0.3 is 0 Å². The van der Waals surface area contributed by atoms with Crippen LogP contribution in [0.1, 0.15) is 17.0 Å². The van der Waals surface area contributed by atoms with Crippen molar-refractivity contribution in [3.8, 4) is 5.69 Å². The number of benzene rings is 2. The van der Waals surface area contributed by atoms with Crippen LogP contribution in [0, 0.1) is 13.8 Å². The molecule has 1 N–H and O–H groups in total. The lowest BCUT2D eigenvalue weighted by atomic mass is 10.2. The van der Waals surface area contributed by atoms with Crippen LogP contribution in [0.25, 0.3) is 5.69 Å². The molecule has 118 valence electrons. The Morgan fingerprint density at radius 2 is 1.70 bits per heavy atom. The van der Waals surface area contributed by atoms with Crippen LogP contribution in [0.15, 0.2) is 54.6 Å². The summed E-state index contributed by atoms with van der Waals surface area (Å²) >= 11 is 12.4. The molecule has 0 atom stereocenters. The van der Waals surface area contributed by atoms with E-state index in [0.717, 1.165) is 23.6 Å². The molecule has 0 fully saturated rings. The first-order chi connectivity index (χ1) is 11.1. The number of nitrogens with one attached hydrogen (secondary N) is 1. The fourth-order valence-electron chi connectivity index (χ4n) is 2.79. The van der Waals surface area contributed by atoms with Crippen LogP contribution in [-0.4, -0.2) is 4.57 Å². The monoisotopic (exact) mass is 344 g/mol. The standard InChI is InChI=1S/C19H18Cl2N2/c1-13-10-15(12-22-17-6-4-3-5-7-17)14(2)23(13)19-9-8-16(20)11-18(19)21/h3-11,22H,12H2,1-2H3. The molecule has 3 aromatic rings. The molecule has 1 heterocycles. The minimum Gasteiger partial charge on any atom is -0.381 e. The van der Waals surface area contributed by atoms with Crippen LogP contribution in [0.2, 0.25) is 10.0 Å². The minimum atomic E-state index is 0.646. The number of rotatable bonds is 4. The van der Waals surface area contributed by atoms with E-state index >= 15 is 0 Å². The molecule has 0 aliphatic heterocycles. The topological polar surface area (TPSA) is 17.0 Å². The fraction of sp³-hybridized carbons (Fsp3) is 0.158. The van der Waals surface area contributed by atoms with E-state index in [0.29, 0.717) is 10.0 Å². The molecule has 0 saturated heterocycles. The highest BCUT2D eigenvalue weighted by molar-refractivity contribution is 6.35. The van der Waals surface area contributed by atoms with Gasteiger partial charge in [0, 0.05) is 28.6 Å². The van der Waals surface area contributed by atoms with Crippen LogP contribution in [0.5, 0.6) is 0 Å². The van der Waals surface area contributed by atoms with E-state index in [1.54, 1.807) is 6.07 Å². The highest BCUT2D eigenvalue weighted by Crippen LogP contribution is 2.29. The predicted molar refractivity (Wildman–Crippen MR) is 99.0 cm³/mol. The average Bonchev–Trinajstić information content (AvgIpc) is 2.81. The Labute approximate surface area is 146 Å². The summed E-state index contributed by atoms with van der Waals surface area (Å²) in [7, 11) is 0. The van der Waals surface area contributed by atoms with Crippen LogP contribution in [0.4, 0.5) is 5.69 Å². The molecular formula is C19H18Cl2N2. The van der Waals surface area contributed by atoms with Crippen molar-refractivity contribution in [2.24, 2.45) is 0 Å². The molecule has 2 nitrogen and oxygen atoms in total. The summed E-state index contributed by atoms with van der Waals surface area (Å²) in [6.45, 7) is 4.97. The quantitative estimate of drug-likeness (QED) is 0.612. The lowest BCUT2D eigenvalue weighted by Gasteiger charge is -2.12. The lowest BCUT2D eigenvalue weighted by molar-refractivity contribution is 0.951. The zero-order valence-corrected chi connectivity index (χ0v) is 14.6. The normalized spacial score (nSPS) is 10.8. The molecule has 2 aromatic carbocycles. The van der Waals surface area contributed by atoms with Crippen LogP contribution in [0.3, 0.4) is 0 Å². The van der Waals surface area contributed by atoms with Gasteiger partial charge in [-0.25, -0.2) is 0 Å². The number of hydrogen-bond acceptors (Lipinski definition) is 1. The predicted octanol–water partition coefficient (Wildman–Crippen LogP) is 6.01. The van der Waals surface area contributed by atoms with Crippen molar-refractivity contribution in [1.82, 2.24) is 4.57 Å². The smallest absolute Gasteiger partial charge is 0.0661 e. The summed E-state index contributed by atoms with van der Waals surface area (Å²) in [5.74, 6) is 0. The second-order valence-electron chi connectivity index (χ2n) is 5.55. The molecule has 4 heteroatoms. The molecule has 3 rings (SSSR count). The van der Waals surface area contributed by atoms with Crippen molar-refractivity contribution in [1.29, 1.82) is 0 Å². The highest BCUT2D eigenvalue weighted by atomic mass is 35.5. The lowest BCUT2D eigenvalue weighted by Crippen LogP contribution is -2.03. The van der Waals surface area contributed by atoms with Gasteiger partial charge in [-0.1, -0.05) is 41.4 Å². The van der Waals surface area contributed by atoms with Crippen molar-refractivity contribution in [3.05, 3.63) is 81.6 Å². The van der Waals surface area contributed by atoms with Gasteiger partial charge in [-0.15, -0.1) is 0 Å². The number of anilines is 1. The van der Waals surface area contributed by atoms with E-state index in [4.69, 9.17) is 23.2 Å².